The average Bonchev–Trinajstić information content (AvgIpc) is 2.34. The summed E-state index contributed by atoms with van der Waals surface area (Å²) in [5, 5.41) is 11.5. The smallest absolute Gasteiger partial charge is 0.238 e. The van der Waals surface area contributed by atoms with Crippen LogP contribution in [0.3, 0.4) is 0 Å². The molecule has 6 heteroatoms. The summed E-state index contributed by atoms with van der Waals surface area (Å²) in [6, 6.07) is 4.02. The molecule has 1 aromatic carbocycles. The van der Waals surface area contributed by atoms with Gasteiger partial charge in [0.15, 0.2) is 0 Å². The van der Waals surface area contributed by atoms with Crippen molar-refractivity contribution in [1.82, 2.24) is 4.90 Å². The van der Waals surface area contributed by atoms with Crippen molar-refractivity contribution in [1.29, 1.82) is 0 Å². The van der Waals surface area contributed by atoms with Crippen molar-refractivity contribution in [3.05, 3.63) is 29.0 Å². The molecule has 0 aliphatic rings. The Morgan fingerprint density at radius 2 is 2.21 bits per heavy atom. The molecule has 0 fully saturated rings. The minimum absolute atomic E-state index is 0.00958. The number of nitrogens with one attached hydrogen (secondary N) is 1. The van der Waals surface area contributed by atoms with Gasteiger partial charge in [0, 0.05) is 12.2 Å². The van der Waals surface area contributed by atoms with Gasteiger partial charge in [-0.2, -0.15) is 0 Å². The lowest BCUT2D eigenvalue weighted by molar-refractivity contribution is -0.117. The minimum atomic E-state index is -0.521. The number of nitrogens with zero attached hydrogens (tertiary/aromatic N) is 1. The van der Waals surface area contributed by atoms with Crippen molar-refractivity contribution in [2.45, 2.75) is 13.3 Å². The molecular weight excluding hydrogens is 271 g/mol. The number of benzene rings is 1. The van der Waals surface area contributed by atoms with Crippen LogP contribution in [-0.4, -0.2) is 42.2 Å². The van der Waals surface area contributed by atoms with Crippen molar-refractivity contribution < 1.29 is 14.3 Å². The monoisotopic (exact) mass is 288 g/mol. The predicted octanol–water partition coefficient (Wildman–Crippen LogP) is 2.12. The highest BCUT2D eigenvalue weighted by atomic mass is 35.5. The number of carbonyl (C=O) groups is 1. The molecule has 2 N–H and O–H groups in total. The number of aliphatic hydroxyl groups is 1. The van der Waals surface area contributed by atoms with E-state index in [0.29, 0.717) is 12.2 Å². The first-order valence-electron chi connectivity index (χ1n) is 6.15. The van der Waals surface area contributed by atoms with Gasteiger partial charge in [0.05, 0.1) is 18.2 Å². The number of hydrogen-bond acceptors (Lipinski definition) is 3. The van der Waals surface area contributed by atoms with Gasteiger partial charge in [-0.05, 0) is 31.2 Å². The third-order valence-electron chi connectivity index (χ3n) is 2.53. The Labute approximate surface area is 117 Å². The van der Waals surface area contributed by atoms with Gasteiger partial charge in [-0.15, -0.1) is 0 Å². The lowest BCUT2D eigenvalue weighted by Gasteiger charge is -2.19. The summed E-state index contributed by atoms with van der Waals surface area (Å²) in [7, 11) is 0. The topological polar surface area (TPSA) is 52.6 Å². The van der Waals surface area contributed by atoms with Crippen LogP contribution >= 0.6 is 11.6 Å². The van der Waals surface area contributed by atoms with E-state index in [9.17, 15) is 9.18 Å². The highest BCUT2D eigenvalue weighted by Crippen LogP contribution is 2.19. The lowest BCUT2D eigenvalue weighted by Crippen LogP contribution is -2.35. The zero-order valence-electron chi connectivity index (χ0n) is 10.8. The van der Waals surface area contributed by atoms with Gasteiger partial charge in [-0.1, -0.05) is 18.5 Å². The number of aliphatic hydroxyl groups excluding tert-OH is 1. The summed E-state index contributed by atoms with van der Waals surface area (Å²) in [6.07, 6.45) is 0.898. The van der Waals surface area contributed by atoms with Gasteiger partial charge < -0.3 is 10.4 Å². The maximum Gasteiger partial charge on any atom is 0.238 e. The SMILES string of the molecule is CCCN(CCO)CC(=O)Nc1ccc(F)c(Cl)c1. The molecule has 0 bridgehead atoms. The fourth-order valence-electron chi connectivity index (χ4n) is 1.71. The second-order valence-electron chi connectivity index (χ2n) is 4.18. The number of halogens is 2. The molecule has 0 unspecified atom stereocenters. The number of hydrogen-bond donors (Lipinski definition) is 2. The second kappa shape index (κ2) is 8.09. The maximum absolute atomic E-state index is 13.0. The van der Waals surface area contributed by atoms with Gasteiger partial charge in [-0.25, -0.2) is 4.39 Å². The van der Waals surface area contributed by atoms with Crippen molar-refractivity contribution in [2.24, 2.45) is 0 Å². The fourth-order valence-corrected chi connectivity index (χ4v) is 1.89. The van der Waals surface area contributed by atoms with Crippen LogP contribution in [0.25, 0.3) is 0 Å². The summed E-state index contributed by atoms with van der Waals surface area (Å²) >= 11 is 5.63. The van der Waals surface area contributed by atoms with E-state index in [4.69, 9.17) is 16.7 Å². The van der Waals surface area contributed by atoms with Crippen LogP contribution in [0.15, 0.2) is 18.2 Å². The first-order chi connectivity index (χ1) is 9.06. The molecule has 19 heavy (non-hydrogen) atoms. The largest absolute Gasteiger partial charge is 0.395 e. The predicted molar refractivity (Wildman–Crippen MR) is 73.9 cm³/mol. The van der Waals surface area contributed by atoms with E-state index in [2.05, 4.69) is 5.32 Å². The molecule has 1 aromatic rings. The third-order valence-corrected chi connectivity index (χ3v) is 2.82. The Hall–Kier alpha value is -1.17. The first-order valence-corrected chi connectivity index (χ1v) is 6.52. The molecule has 0 atom stereocenters. The number of carbonyl (C=O) groups excluding carboxylic acids is 1. The Balaban J connectivity index is 2.55. The van der Waals surface area contributed by atoms with E-state index in [1.165, 1.54) is 18.2 Å². The van der Waals surface area contributed by atoms with Crippen LogP contribution in [0.1, 0.15) is 13.3 Å². The summed E-state index contributed by atoms with van der Waals surface area (Å²) < 4.78 is 13.0. The van der Waals surface area contributed by atoms with E-state index >= 15 is 0 Å². The van der Waals surface area contributed by atoms with E-state index in [0.717, 1.165) is 13.0 Å². The molecule has 106 valence electrons. The van der Waals surface area contributed by atoms with E-state index in [1.54, 1.807) is 0 Å². The second-order valence-corrected chi connectivity index (χ2v) is 4.58. The lowest BCUT2D eigenvalue weighted by atomic mass is 10.3. The average molecular weight is 289 g/mol. The highest BCUT2D eigenvalue weighted by Gasteiger charge is 2.10. The van der Waals surface area contributed by atoms with Crippen LogP contribution in [0.5, 0.6) is 0 Å². The summed E-state index contributed by atoms with van der Waals surface area (Å²) in [5.41, 5.74) is 0.455. The molecule has 4 nitrogen and oxygen atoms in total. The molecule has 1 rings (SSSR count). The standard InChI is InChI=1S/C13H18ClFN2O2/c1-2-5-17(6-7-18)9-13(19)16-10-3-4-12(15)11(14)8-10/h3-4,8,18H,2,5-7,9H2,1H3,(H,16,19). The minimum Gasteiger partial charge on any atom is -0.395 e. The molecule has 0 radical (unpaired) electrons. The molecule has 0 spiro atoms. The Kier molecular flexibility index (Phi) is 6.77. The van der Waals surface area contributed by atoms with Crippen molar-refractivity contribution >= 4 is 23.2 Å². The van der Waals surface area contributed by atoms with Crippen LogP contribution in [0.4, 0.5) is 10.1 Å². The molecule has 0 saturated heterocycles. The summed E-state index contributed by atoms with van der Waals surface area (Å²) in [6.45, 7) is 3.38. The Morgan fingerprint density at radius 3 is 2.79 bits per heavy atom. The normalized spacial score (nSPS) is 10.8. The van der Waals surface area contributed by atoms with Gasteiger partial charge in [-0.3, -0.25) is 9.69 Å². The Bertz CT molecular complexity index is 423. The summed E-state index contributed by atoms with van der Waals surface area (Å²) in [4.78, 5) is 13.6. The van der Waals surface area contributed by atoms with Crippen molar-refractivity contribution in [3.8, 4) is 0 Å². The molecule has 0 saturated carbocycles. The van der Waals surface area contributed by atoms with Gasteiger partial charge >= 0.3 is 0 Å². The van der Waals surface area contributed by atoms with E-state index < -0.39 is 5.82 Å². The van der Waals surface area contributed by atoms with E-state index in [1.807, 2.05) is 11.8 Å². The maximum atomic E-state index is 13.0. The van der Waals surface area contributed by atoms with Crippen LogP contribution < -0.4 is 5.32 Å². The van der Waals surface area contributed by atoms with E-state index in [-0.39, 0.29) is 24.1 Å². The van der Waals surface area contributed by atoms with Crippen LogP contribution in [0.2, 0.25) is 5.02 Å². The fraction of sp³-hybridized carbons (Fsp3) is 0.462. The number of amides is 1. The molecule has 0 heterocycles. The molecule has 1 amide bonds. The van der Waals surface area contributed by atoms with Crippen molar-refractivity contribution in [3.63, 3.8) is 0 Å². The number of anilines is 1. The first kappa shape index (κ1) is 15.9. The zero-order valence-corrected chi connectivity index (χ0v) is 11.6. The zero-order chi connectivity index (χ0) is 14.3. The van der Waals surface area contributed by atoms with Crippen LogP contribution in [-0.2, 0) is 4.79 Å². The summed E-state index contributed by atoms with van der Waals surface area (Å²) in [5.74, 6) is -0.739. The number of rotatable bonds is 7. The van der Waals surface area contributed by atoms with Crippen molar-refractivity contribution in [2.75, 3.05) is 31.6 Å². The highest BCUT2D eigenvalue weighted by molar-refractivity contribution is 6.31. The Morgan fingerprint density at radius 1 is 1.47 bits per heavy atom. The quantitative estimate of drug-likeness (QED) is 0.808. The molecular formula is C13H18ClFN2O2. The van der Waals surface area contributed by atoms with Gasteiger partial charge in [0.2, 0.25) is 5.91 Å². The van der Waals surface area contributed by atoms with Gasteiger partial charge in [0.1, 0.15) is 5.82 Å². The van der Waals surface area contributed by atoms with Crippen LogP contribution in [0, 0.1) is 5.82 Å². The molecule has 0 aromatic heterocycles. The molecule has 0 aliphatic carbocycles. The molecule has 0 aliphatic heterocycles. The van der Waals surface area contributed by atoms with Gasteiger partial charge in [0.25, 0.3) is 0 Å². The third kappa shape index (κ3) is 5.55.